The number of benzene rings is 2. The minimum Gasteiger partial charge on any atom is -0.455 e. The number of carbonyl (C=O) groups excluding carboxylic acids is 2. The maximum atomic E-state index is 13.0. The van der Waals surface area contributed by atoms with E-state index < -0.39 is 11.3 Å². The van der Waals surface area contributed by atoms with Crippen molar-refractivity contribution in [3.63, 3.8) is 0 Å². The van der Waals surface area contributed by atoms with Gasteiger partial charge in [-0.1, -0.05) is 30.3 Å². The zero-order chi connectivity index (χ0) is 19.6. The van der Waals surface area contributed by atoms with E-state index in [2.05, 4.69) is 10.3 Å². The highest BCUT2D eigenvalue weighted by molar-refractivity contribution is 7.14. The normalized spacial score (nSPS) is 14.3. The van der Waals surface area contributed by atoms with Crippen LogP contribution in [0.2, 0.25) is 0 Å². The summed E-state index contributed by atoms with van der Waals surface area (Å²) in [6.07, 6.45) is 1.45. The highest BCUT2D eigenvalue weighted by atomic mass is 32.1. The summed E-state index contributed by atoms with van der Waals surface area (Å²) >= 11 is 1.25. The van der Waals surface area contributed by atoms with Gasteiger partial charge in [0.2, 0.25) is 0 Å². The van der Waals surface area contributed by atoms with E-state index in [0.717, 1.165) is 24.0 Å². The first-order valence-corrected chi connectivity index (χ1v) is 9.69. The number of nitrogens with one attached hydrogen (secondary N) is 1. The molecule has 1 N–H and O–H groups in total. The lowest BCUT2D eigenvalue weighted by molar-refractivity contribution is -0.150. The van der Waals surface area contributed by atoms with E-state index in [1.807, 2.05) is 30.3 Å². The number of anilines is 1. The average Bonchev–Trinajstić information content (AvgIpc) is 3.41. The third kappa shape index (κ3) is 3.80. The van der Waals surface area contributed by atoms with Crippen molar-refractivity contribution in [1.82, 2.24) is 4.98 Å². The number of rotatable bonds is 6. The SMILES string of the molecule is O=C(COC(=O)C1(c2ccccc2)CC1)Nc1nc(-c2ccc(F)cc2)cs1. The van der Waals surface area contributed by atoms with Crippen molar-refractivity contribution in [2.75, 3.05) is 11.9 Å². The molecule has 1 aliphatic carbocycles. The van der Waals surface area contributed by atoms with Crippen molar-refractivity contribution in [3.05, 3.63) is 71.4 Å². The van der Waals surface area contributed by atoms with Crippen LogP contribution in [0.25, 0.3) is 11.3 Å². The lowest BCUT2D eigenvalue weighted by Crippen LogP contribution is -2.28. The number of hydrogen-bond donors (Lipinski definition) is 1. The van der Waals surface area contributed by atoms with Gasteiger partial charge in [0.25, 0.3) is 5.91 Å². The second-order valence-electron chi connectivity index (χ2n) is 6.62. The molecule has 0 atom stereocenters. The van der Waals surface area contributed by atoms with Gasteiger partial charge in [0, 0.05) is 10.9 Å². The molecular weight excluding hydrogens is 379 g/mol. The van der Waals surface area contributed by atoms with Crippen LogP contribution in [0.5, 0.6) is 0 Å². The first-order valence-electron chi connectivity index (χ1n) is 8.81. The number of esters is 1. The topological polar surface area (TPSA) is 68.3 Å². The van der Waals surface area contributed by atoms with Crippen LogP contribution < -0.4 is 5.32 Å². The Morgan fingerprint density at radius 1 is 1.11 bits per heavy atom. The van der Waals surface area contributed by atoms with E-state index in [1.165, 1.54) is 23.5 Å². The largest absolute Gasteiger partial charge is 0.455 e. The van der Waals surface area contributed by atoms with Crippen molar-refractivity contribution in [2.24, 2.45) is 0 Å². The molecule has 1 fully saturated rings. The predicted octanol–water partition coefficient (Wildman–Crippen LogP) is 4.16. The lowest BCUT2D eigenvalue weighted by Gasteiger charge is -2.14. The molecule has 4 rings (SSSR count). The van der Waals surface area contributed by atoms with Gasteiger partial charge >= 0.3 is 5.97 Å². The molecule has 1 amide bonds. The number of aromatic nitrogens is 1. The van der Waals surface area contributed by atoms with Crippen LogP contribution in [0.4, 0.5) is 9.52 Å². The molecule has 0 unspecified atom stereocenters. The fourth-order valence-corrected chi connectivity index (χ4v) is 3.74. The van der Waals surface area contributed by atoms with Gasteiger partial charge in [0.15, 0.2) is 11.7 Å². The van der Waals surface area contributed by atoms with Gasteiger partial charge in [0.1, 0.15) is 5.82 Å². The van der Waals surface area contributed by atoms with Crippen LogP contribution in [-0.2, 0) is 19.7 Å². The van der Waals surface area contributed by atoms with E-state index >= 15 is 0 Å². The molecule has 142 valence electrons. The second kappa shape index (κ2) is 7.52. The lowest BCUT2D eigenvalue weighted by atomic mass is 9.96. The number of nitrogens with zero attached hydrogens (tertiary/aromatic N) is 1. The Bertz CT molecular complexity index is 998. The van der Waals surface area contributed by atoms with Crippen molar-refractivity contribution >= 4 is 28.3 Å². The Labute approximate surface area is 165 Å². The minimum atomic E-state index is -0.613. The number of amides is 1. The molecule has 0 saturated heterocycles. The van der Waals surface area contributed by atoms with Crippen LogP contribution in [-0.4, -0.2) is 23.5 Å². The minimum absolute atomic E-state index is 0.321. The van der Waals surface area contributed by atoms with Gasteiger partial charge in [0.05, 0.1) is 11.1 Å². The Kier molecular flexibility index (Phi) is 4.92. The summed E-state index contributed by atoms with van der Waals surface area (Å²) in [5.74, 6) is -1.14. The first kappa shape index (κ1) is 18.3. The van der Waals surface area contributed by atoms with Crippen LogP contribution in [0, 0.1) is 5.82 Å². The Hall–Kier alpha value is -3.06. The summed E-state index contributed by atoms with van der Waals surface area (Å²) in [5, 5.41) is 4.79. The van der Waals surface area contributed by atoms with Crippen LogP contribution >= 0.6 is 11.3 Å². The van der Waals surface area contributed by atoms with Crippen molar-refractivity contribution < 1.29 is 18.7 Å². The van der Waals surface area contributed by atoms with E-state index in [0.29, 0.717) is 10.8 Å². The molecule has 0 spiro atoms. The Balaban J connectivity index is 1.33. The van der Waals surface area contributed by atoms with Gasteiger partial charge in [-0.25, -0.2) is 9.37 Å². The van der Waals surface area contributed by atoms with Gasteiger partial charge in [-0.05, 0) is 42.7 Å². The maximum Gasteiger partial charge on any atom is 0.317 e. The zero-order valence-corrected chi connectivity index (χ0v) is 15.7. The van der Waals surface area contributed by atoms with Crippen molar-refractivity contribution in [3.8, 4) is 11.3 Å². The molecule has 0 radical (unpaired) electrons. The Morgan fingerprint density at radius 2 is 1.82 bits per heavy atom. The molecule has 0 bridgehead atoms. The fraction of sp³-hybridized carbons (Fsp3) is 0.190. The zero-order valence-electron chi connectivity index (χ0n) is 14.9. The summed E-state index contributed by atoms with van der Waals surface area (Å²) in [6.45, 7) is -0.362. The van der Waals surface area contributed by atoms with Gasteiger partial charge in [-0.15, -0.1) is 11.3 Å². The first-order chi connectivity index (χ1) is 13.6. The summed E-state index contributed by atoms with van der Waals surface area (Å²) < 4.78 is 18.3. The molecule has 7 heteroatoms. The van der Waals surface area contributed by atoms with Gasteiger partial charge in [-0.3, -0.25) is 14.9 Å². The number of carbonyl (C=O) groups is 2. The summed E-state index contributed by atoms with van der Waals surface area (Å²) in [7, 11) is 0. The van der Waals surface area contributed by atoms with E-state index in [-0.39, 0.29) is 18.4 Å². The monoisotopic (exact) mass is 396 g/mol. The highest BCUT2D eigenvalue weighted by Gasteiger charge is 2.52. The van der Waals surface area contributed by atoms with Crippen molar-refractivity contribution in [2.45, 2.75) is 18.3 Å². The molecule has 1 aliphatic rings. The molecular formula is C21H17FN2O3S. The maximum absolute atomic E-state index is 13.0. The van der Waals surface area contributed by atoms with Gasteiger partial charge in [-0.2, -0.15) is 0 Å². The molecule has 0 aliphatic heterocycles. The predicted molar refractivity (Wildman–Crippen MR) is 104 cm³/mol. The van der Waals surface area contributed by atoms with Crippen LogP contribution in [0.1, 0.15) is 18.4 Å². The average molecular weight is 396 g/mol. The molecule has 1 heterocycles. The third-order valence-corrected chi connectivity index (χ3v) is 5.45. The molecule has 2 aromatic carbocycles. The molecule has 3 aromatic rings. The molecule has 28 heavy (non-hydrogen) atoms. The molecule has 5 nitrogen and oxygen atoms in total. The molecule has 1 saturated carbocycles. The van der Waals surface area contributed by atoms with Crippen molar-refractivity contribution in [1.29, 1.82) is 0 Å². The van der Waals surface area contributed by atoms with E-state index in [9.17, 15) is 14.0 Å². The number of hydrogen-bond acceptors (Lipinski definition) is 5. The number of thiazole rings is 1. The van der Waals surface area contributed by atoms with E-state index in [1.54, 1.807) is 17.5 Å². The quantitative estimate of drug-likeness (QED) is 0.635. The summed E-state index contributed by atoms with van der Waals surface area (Å²) in [6, 6.07) is 15.4. The van der Waals surface area contributed by atoms with E-state index in [4.69, 9.17) is 4.74 Å². The van der Waals surface area contributed by atoms with Crippen LogP contribution in [0.15, 0.2) is 60.0 Å². The second-order valence-corrected chi connectivity index (χ2v) is 7.48. The smallest absolute Gasteiger partial charge is 0.317 e. The highest BCUT2D eigenvalue weighted by Crippen LogP contribution is 2.49. The summed E-state index contributed by atoms with van der Waals surface area (Å²) in [4.78, 5) is 28.9. The third-order valence-electron chi connectivity index (χ3n) is 4.69. The molecule has 1 aromatic heterocycles. The standard InChI is InChI=1S/C21H17FN2O3S/c22-16-8-6-14(7-9-16)17-13-28-20(23-17)24-18(25)12-27-19(26)21(10-11-21)15-4-2-1-3-5-15/h1-9,13H,10-12H2,(H,23,24,25). The number of ether oxygens (including phenoxy) is 1. The van der Waals surface area contributed by atoms with Gasteiger partial charge < -0.3 is 4.74 Å². The number of halogens is 1. The Morgan fingerprint density at radius 3 is 2.50 bits per heavy atom. The fourth-order valence-electron chi connectivity index (χ4n) is 3.00. The summed E-state index contributed by atoms with van der Waals surface area (Å²) in [5.41, 5.74) is 1.70. The van der Waals surface area contributed by atoms with Crippen LogP contribution in [0.3, 0.4) is 0 Å².